The van der Waals surface area contributed by atoms with Crippen molar-refractivity contribution in [3.8, 4) is 0 Å². The third-order valence-electron chi connectivity index (χ3n) is 5.05. The van der Waals surface area contributed by atoms with Gasteiger partial charge in [-0.05, 0) is 35.6 Å². The lowest BCUT2D eigenvalue weighted by atomic mass is 9.77. The summed E-state index contributed by atoms with van der Waals surface area (Å²) in [5.74, 6) is 0.0207. The van der Waals surface area contributed by atoms with Crippen LogP contribution in [0.15, 0.2) is 23.1 Å². The van der Waals surface area contributed by atoms with E-state index in [2.05, 4.69) is 4.72 Å². The van der Waals surface area contributed by atoms with E-state index in [4.69, 9.17) is 0 Å². The van der Waals surface area contributed by atoms with E-state index in [0.717, 1.165) is 11.3 Å². The van der Waals surface area contributed by atoms with Crippen LogP contribution >= 0.6 is 0 Å². The highest BCUT2D eigenvalue weighted by atomic mass is 32.2. The highest BCUT2D eigenvalue weighted by Crippen LogP contribution is 2.40. The Morgan fingerprint density at radius 2 is 1.92 bits per heavy atom. The zero-order valence-corrected chi connectivity index (χ0v) is 17.3. The molecule has 1 amide bonds. The Hall–Kier alpha value is -1.44. The molecule has 1 aromatic carbocycles. The summed E-state index contributed by atoms with van der Waals surface area (Å²) in [5, 5.41) is 10.1. The van der Waals surface area contributed by atoms with Gasteiger partial charge in [-0.25, -0.2) is 13.1 Å². The maximum absolute atomic E-state index is 12.6. The van der Waals surface area contributed by atoms with Crippen LogP contribution in [0.25, 0.3) is 0 Å². The van der Waals surface area contributed by atoms with Gasteiger partial charge in [-0.3, -0.25) is 4.79 Å². The van der Waals surface area contributed by atoms with Gasteiger partial charge in [0, 0.05) is 31.1 Å². The molecule has 0 aliphatic carbocycles. The number of hydrogen-bond acceptors (Lipinski definition) is 4. The summed E-state index contributed by atoms with van der Waals surface area (Å²) in [6.07, 6.45) is 0.0917. The zero-order valence-electron chi connectivity index (χ0n) is 16.5. The van der Waals surface area contributed by atoms with E-state index in [0.29, 0.717) is 12.8 Å². The molecule has 1 unspecified atom stereocenters. The standard InChI is InChI=1S/C19H30N2O4S/c1-18(2,3)16(22)9-10-20-26(24,25)13-7-8-15-14(11-13)19(4,5)12-17(23)21(15)6/h7-8,11,16,20,22H,9-10,12H2,1-6H3. The Balaban J connectivity index is 2.23. The molecule has 0 radical (unpaired) electrons. The lowest BCUT2D eigenvalue weighted by Gasteiger charge is -2.37. The van der Waals surface area contributed by atoms with Gasteiger partial charge in [0.1, 0.15) is 0 Å². The Morgan fingerprint density at radius 3 is 2.50 bits per heavy atom. The smallest absolute Gasteiger partial charge is 0.240 e. The van der Waals surface area contributed by atoms with Crippen LogP contribution in [0.4, 0.5) is 5.69 Å². The van der Waals surface area contributed by atoms with Crippen molar-refractivity contribution in [3.63, 3.8) is 0 Å². The number of aliphatic hydroxyl groups excluding tert-OH is 1. The third kappa shape index (κ3) is 4.27. The van der Waals surface area contributed by atoms with Gasteiger partial charge in [0.05, 0.1) is 11.0 Å². The largest absolute Gasteiger partial charge is 0.393 e. The van der Waals surface area contributed by atoms with E-state index in [1.165, 1.54) is 6.07 Å². The third-order valence-corrected chi connectivity index (χ3v) is 6.50. The molecule has 0 aromatic heterocycles. The van der Waals surface area contributed by atoms with Crippen LogP contribution in [-0.2, 0) is 20.2 Å². The Labute approximate surface area is 156 Å². The molecule has 2 N–H and O–H groups in total. The molecule has 146 valence electrons. The van der Waals surface area contributed by atoms with E-state index in [1.807, 2.05) is 34.6 Å². The fourth-order valence-electron chi connectivity index (χ4n) is 3.09. The van der Waals surface area contributed by atoms with E-state index >= 15 is 0 Å². The monoisotopic (exact) mass is 382 g/mol. The van der Waals surface area contributed by atoms with Crippen molar-refractivity contribution < 1.29 is 18.3 Å². The number of benzene rings is 1. The molecular weight excluding hydrogens is 352 g/mol. The summed E-state index contributed by atoms with van der Waals surface area (Å²) in [6, 6.07) is 4.86. The number of nitrogens with one attached hydrogen (secondary N) is 1. The van der Waals surface area contributed by atoms with Crippen LogP contribution in [-0.4, -0.2) is 39.1 Å². The number of aliphatic hydroxyl groups is 1. The van der Waals surface area contributed by atoms with Crippen molar-refractivity contribution in [1.82, 2.24) is 4.72 Å². The second-order valence-corrected chi connectivity index (χ2v) is 10.5. The van der Waals surface area contributed by atoms with Gasteiger partial charge in [0.2, 0.25) is 15.9 Å². The van der Waals surface area contributed by atoms with Crippen LogP contribution in [0.2, 0.25) is 0 Å². The summed E-state index contributed by atoms with van der Waals surface area (Å²) >= 11 is 0. The maximum Gasteiger partial charge on any atom is 0.240 e. The van der Waals surface area contributed by atoms with Crippen molar-refractivity contribution in [1.29, 1.82) is 0 Å². The first kappa shape index (κ1) is 20.9. The van der Waals surface area contributed by atoms with Crippen LogP contribution in [0.1, 0.15) is 53.0 Å². The number of carbonyl (C=O) groups is 1. The Morgan fingerprint density at radius 1 is 1.31 bits per heavy atom. The predicted octanol–water partition coefficient (Wildman–Crippen LogP) is 2.41. The summed E-state index contributed by atoms with van der Waals surface area (Å²) in [6.45, 7) is 9.79. The minimum absolute atomic E-state index is 0.0207. The molecule has 7 heteroatoms. The Bertz CT molecular complexity index is 794. The number of fused-ring (bicyclic) bond motifs is 1. The average Bonchev–Trinajstić information content (AvgIpc) is 2.50. The quantitative estimate of drug-likeness (QED) is 0.819. The van der Waals surface area contributed by atoms with Crippen LogP contribution in [0.5, 0.6) is 0 Å². The van der Waals surface area contributed by atoms with Crippen molar-refractivity contribution in [2.45, 2.75) is 63.9 Å². The summed E-state index contributed by atoms with van der Waals surface area (Å²) in [7, 11) is -1.98. The van der Waals surface area contributed by atoms with Crippen LogP contribution in [0, 0.1) is 5.41 Å². The van der Waals surface area contributed by atoms with Gasteiger partial charge < -0.3 is 10.0 Å². The van der Waals surface area contributed by atoms with E-state index < -0.39 is 21.5 Å². The summed E-state index contributed by atoms with van der Waals surface area (Å²) < 4.78 is 27.8. The molecule has 0 saturated carbocycles. The van der Waals surface area contributed by atoms with E-state index in [-0.39, 0.29) is 22.8 Å². The van der Waals surface area contributed by atoms with Crippen LogP contribution < -0.4 is 9.62 Å². The number of anilines is 1. The highest BCUT2D eigenvalue weighted by Gasteiger charge is 2.36. The summed E-state index contributed by atoms with van der Waals surface area (Å²) in [4.78, 5) is 13.9. The number of rotatable bonds is 5. The second-order valence-electron chi connectivity index (χ2n) is 8.76. The van der Waals surface area contributed by atoms with Gasteiger partial charge in [-0.1, -0.05) is 34.6 Å². The molecule has 0 bridgehead atoms. The molecule has 0 spiro atoms. The number of nitrogens with zero attached hydrogens (tertiary/aromatic N) is 1. The van der Waals surface area contributed by atoms with Gasteiger partial charge in [0.15, 0.2) is 0 Å². The van der Waals surface area contributed by atoms with Crippen LogP contribution in [0.3, 0.4) is 0 Å². The molecule has 1 aliphatic heterocycles. The topological polar surface area (TPSA) is 86.7 Å². The normalized spacial score (nSPS) is 18.6. The fourth-order valence-corrected chi connectivity index (χ4v) is 4.16. The molecule has 1 atom stereocenters. The number of amides is 1. The highest BCUT2D eigenvalue weighted by molar-refractivity contribution is 7.89. The van der Waals surface area contributed by atoms with Gasteiger partial charge in [-0.15, -0.1) is 0 Å². The van der Waals surface area contributed by atoms with E-state index in [9.17, 15) is 18.3 Å². The number of sulfonamides is 1. The molecule has 2 rings (SSSR count). The molecule has 0 fully saturated rings. The lowest BCUT2D eigenvalue weighted by molar-refractivity contribution is -0.119. The number of carbonyl (C=O) groups excluding carboxylic acids is 1. The molecule has 0 saturated heterocycles. The number of hydrogen-bond donors (Lipinski definition) is 2. The minimum atomic E-state index is -3.68. The van der Waals surface area contributed by atoms with Gasteiger partial charge in [-0.2, -0.15) is 0 Å². The van der Waals surface area contributed by atoms with Gasteiger partial charge in [0.25, 0.3) is 0 Å². The molecule has 1 aliphatic rings. The van der Waals surface area contributed by atoms with E-state index in [1.54, 1.807) is 24.1 Å². The fraction of sp³-hybridized carbons (Fsp3) is 0.632. The maximum atomic E-state index is 12.6. The molecule has 1 heterocycles. The van der Waals surface area contributed by atoms with Crippen molar-refractivity contribution >= 4 is 21.6 Å². The molecule has 1 aromatic rings. The second kappa shape index (κ2) is 6.94. The van der Waals surface area contributed by atoms with Crippen molar-refractivity contribution in [2.75, 3.05) is 18.5 Å². The minimum Gasteiger partial charge on any atom is -0.393 e. The lowest BCUT2D eigenvalue weighted by Crippen LogP contribution is -2.39. The predicted molar refractivity (Wildman–Crippen MR) is 103 cm³/mol. The first-order chi connectivity index (χ1) is 11.8. The summed E-state index contributed by atoms with van der Waals surface area (Å²) in [5.41, 5.74) is 0.872. The van der Waals surface area contributed by atoms with Gasteiger partial charge >= 0.3 is 0 Å². The SMILES string of the molecule is CN1C(=O)CC(C)(C)c2cc(S(=O)(=O)NCCC(O)C(C)(C)C)ccc21. The van der Waals surface area contributed by atoms with Crippen molar-refractivity contribution in [2.24, 2.45) is 5.41 Å². The molecule has 6 nitrogen and oxygen atoms in total. The molecule has 26 heavy (non-hydrogen) atoms. The average molecular weight is 383 g/mol. The zero-order chi connectivity index (χ0) is 19.9. The first-order valence-corrected chi connectivity index (χ1v) is 10.3. The first-order valence-electron chi connectivity index (χ1n) is 8.84. The Kier molecular flexibility index (Phi) is 5.57. The molecular formula is C19H30N2O4S. The van der Waals surface area contributed by atoms with Crippen molar-refractivity contribution in [3.05, 3.63) is 23.8 Å².